The molecule has 206 valence electrons. The van der Waals surface area contributed by atoms with Crippen molar-refractivity contribution < 1.29 is 14.7 Å². The number of piperazine rings is 1. The number of pyridine rings is 1. The van der Waals surface area contributed by atoms with E-state index >= 15 is 0 Å². The van der Waals surface area contributed by atoms with Crippen LogP contribution in [0.25, 0.3) is 22.4 Å². The first-order valence-electron chi connectivity index (χ1n) is 13.4. The summed E-state index contributed by atoms with van der Waals surface area (Å²) in [6.07, 6.45) is 2.03. The lowest BCUT2D eigenvalue weighted by Gasteiger charge is -2.33. The third kappa shape index (κ3) is 6.38. The molecule has 4 aromatic rings. The number of amides is 1. The summed E-state index contributed by atoms with van der Waals surface area (Å²) in [7, 11) is 3.80. The molecule has 40 heavy (non-hydrogen) atoms. The van der Waals surface area contributed by atoms with Crippen LogP contribution in [0.2, 0.25) is 0 Å². The second kappa shape index (κ2) is 12.4. The van der Waals surface area contributed by atoms with Crippen LogP contribution in [0.5, 0.6) is 0 Å². The summed E-state index contributed by atoms with van der Waals surface area (Å²) in [5, 5.41) is 11.9. The Balaban J connectivity index is 1.35. The first-order valence-corrected chi connectivity index (χ1v) is 14.2. The molecule has 0 radical (unpaired) electrons. The Hall–Kier alpha value is -4.08. The minimum atomic E-state index is -0.997. The third-order valence-electron chi connectivity index (χ3n) is 7.29. The van der Waals surface area contributed by atoms with Gasteiger partial charge in [-0.15, -0.1) is 11.3 Å². The highest BCUT2D eigenvalue weighted by molar-refractivity contribution is 7.14. The number of carboxylic acids is 1. The van der Waals surface area contributed by atoms with Gasteiger partial charge in [-0.1, -0.05) is 54.6 Å². The summed E-state index contributed by atoms with van der Waals surface area (Å²) < 4.78 is 0. The summed E-state index contributed by atoms with van der Waals surface area (Å²) in [6, 6.07) is 21.7. The molecule has 0 bridgehead atoms. The number of carboxylic acid groups (broad SMARTS) is 1. The van der Waals surface area contributed by atoms with Gasteiger partial charge in [0.15, 0.2) is 5.13 Å². The van der Waals surface area contributed by atoms with E-state index in [9.17, 15) is 14.7 Å². The van der Waals surface area contributed by atoms with E-state index in [4.69, 9.17) is 9.97 Å². The molecule has 1 atom stereocenters. The molecule has 3 heterocycles. The molecule has 1 saturated heterocycles. The number of aliphatic carboxylic acids is 1. The van der Waals surface area contributed by atoms with Gasteiger partial charge < -0.3 is 14.9 Å². The fourth-order valence-electron chi connectivity index (χ4n) is 4.99. The van der Waals surface area contributed by atoms with Gasteiger partial charge in [0.1, 0.15) is 5.82 Å². The van der Waals surface area contributed by atoms with Gasteiger partial charge in [-0.05, 0) is 36.7 Å². The maximum Gasteiger partial charge on any atom is 0.304 e. The molecule has 0 saturated carbocycles. The lowest BCUT2D eigenvalue weighted by atomic mass is 9.95. The van der Waals surface area contributed by atoms with Crippen molar-refractivity contribution in [3.05, 3.63) is 83.9 Å². The molecule has 9 heteroatoms. The first kappa shape index (κ1) is 27.5. The number of anilines is 2. The molecule has 0 aliphatic carbocycles. The van der Waals surface area contributed by atoms with Gasteiger partial charge in [-0.2, -0.15) is 0 Å². The number of hydrogen-bond donors (Lipinski definition) is 1. The number of carbonyl (C=O) groups excluding carboxylic acids is 1. The number of rotatable bonds is 9. The highest BCUT2D eigenvalue weighted by Crippen LogP contribution is 2.35. The molecule has 1 fully saturated rings. The number of benzene rings is 2. The van der Waals surface area contributed by atoms with E-state index in [-0.39, 0.29) is 12.3 Å². The van der Waals surface area contributed by atoms with Crippen LogP contribution < -0.4 is 9.80 Å². The molecule has 1 unspecified atom stereocenters. The molecule has 8 nitrogen and oxygen atoms in total. The van der Waals surface area contributed by atoms with Crippen LogP contribution in [0.15, 0.2) is 78.3 Å². The maximum atomic E-state index is 13.4. The molecule has 1 aliphatic heterocycles. The maximum absolute atomic E-state index is 13.4. The number of aromatic nitrogens is 2. The SMILES string of the molecule is CN1CCN(c2ccc(-c3ccccc3-c3csc(N(C)C(=O)C(CC(=O)O)Cc4ccccc4)n3)cn2)CC1. The van der Waals surface area contributed by atoms with Crippen LogP contribution in [0, 0.1) is 5.92 Å². The third-order valence-corrected chi connectivity index (χ3v) is 8.21. The molecule has 1 N–H and O–H groups in total. The molecule has 2 aromatic heterocycles. The van der Waals surface area contributed by atoms with Crippen LogP contribution in [0.1, 0.15) is 12.0 Å². The average Bonchev–Trinajstić information content (AvgIpc) is 3.47. The summed E-state index contributed by atoms with van der Waals surface area (Å²) in [6.45, 7) is 3.98. The standard InChI is InChI=1S/C31H33N5O3S/c1-34-14-16-36(17-15-34)28-13-12-23(20-32-28)25-10-6-7-11-26(25)27-21-40-31(33-27)35(2)30(39)24(19-29(37)38)18-22-8-4-3-5-9-22/h3-13,20-21,24H,14-19H2,1-2H3,(H,37,38). The van der Waals surface area contributed by atoms with Gasteiger partial charge in [-0.25, -0.2) is 9.97 Å². The van der Waals surface area contributed by atoms with Gasteiger partial charge in [0.05, 0.1) is 18.0 Å². The molecule has 1 aliphatic rings. The van der Waals surface area contributed by atoms with E-state index in [0.717, 1.165) is 59.9 Å². The van der Waals surface area contributed by atoms with E-state index in [1.165, 1.54) is 16.2 Å². The van der Waals surface area contributed by atoms with Crippen LogP contribution in [0.4, 0.5) is 10.9 Å². The molecule has 2 aromatic carbocycles. The number of thiazole rings is 1. The second-order valence-corrected chi connectivity index (χ2v) is 11.0. The molecular formula is C31H33N5O3S. The zero-order chi connectivity index (χ0) is 28.1. The van der Waals surface area contributed by atoms with Crippen LogP contribution in [0.3, 0.4) is 0 Å². The molecule has 5 rings (SSSR count). The highest BCUT2D eigenvalue weighted by Gasteiger charge is 2.27. The number of hydrogen-bond acceptors (Lipinski definition) is 7. The van der Waals surface area contributed by atoms with Crippen molar-refractivity contribution in [1.29, 1.82) is 0 Å². The topological polar surface area (TPSA) is 89.9 Å². The first-order chi connectivity index (χ1) is 19.4. The van der Waals surface area contributed by atoms with Gasteiger partial charge in [0.25, 0.3) is 0 Å². The Bertz CT molecular complexity index is 1450. The minimum absolute atomic E-state index is 0.240. The average molecular weight is 556 g/mol. The van der Waals surface area contributed by atoms with E-state index in [2.05, 4.69) is 35.0 Å². The Kier molecular flexibility index (Phi) is 8.52. The number of likely N-dealkylation sites (N-methyl/N-ethyl adjacent to an activating group) is 1. The smallest absolute Gasteiger partial charge is 0.304 e. The molecule has 1 amide bonds. The van der Waals surface area contributed by atoms with Crippen molar-refractivity contribution in [2.24, 2.45) is 5.92 Å². The largest absolute Gasteiger partial charge is 0.481 e. The van der Waals surface area contributed by atoms with Crippen molar-refractivity contribution in [1.82, 2.24) is 14.9 Å². The van der Waals surface area contributed by atoms with E-state index in [1.54, 1.807) is 7.05 Å². The Morgan fingerprint density at radius 3 is 2.35 bits per heavy atom. The van der Waals surface area contributed by atoms with Crippen molar-refractivity contribution in [2.45, 2.75) is 12.8 Å². The summed E-state index contributed by atoms with van der Waals surface area (Å²) in [5.41, 5.74) is 4.65. The lowest BCUT2D eigenvalue weighted by molar-refractivity contribution is -0.140. The van der Waals surface area contributed by atoms with E-state index < -0.39 is 11.9 Å². The van der Waals surface area contributed by atoms with Gasteiger partial charge in [0, 0.05) is 55.9 Å². The van der Waals surface area contributed by atoms with Gasteiger partial charge >= 0.3 is 5.97 Å². The summed E-state index contributed by atoms with van der Waals surface area (Å²) >= 11 is 1.37. The van der Waals surface area contributed by atoms with Crippen LogP contribution >= 0.6 is 11.3 Å². The fourth-order valence-corrected chi connectivity index (χ4v) is 5.79. The highest BCUT2D eigenvalue weighted by atomic mass is 32.1. The number of nitrogens with zero attached hydrogens (tertiary/aromatic N) is 5. The van der Waals surface area contributed by atoms with E-state index in [0.29, 0.717) is 11.6 Å². The van der Waals surface area contributed by atoms with Crippen molar-refractivity contribution in [3.63, 3.8) is 0 Å². The van der Waals surface area contributed by atoms with Crippen molar-refractivity contribution in [2.75, 3.05) is 50.1 Å². The van der Waals surface area contributed by atoms with E-state index in [1.807, 2.05) is 60.1 Å². The predicted octanol–water partition coefficient (Wildman–Crippen LogP) is 4.92. The number of carbonyl (C=O) groups is 2. The van der Waals surface area contributed by atoms with Gasteiger partial charge in [0.2, 0.25) is 5.91 Å². The fraction of sp³-hybridized carbons (Fsp3) is 0.290. The lowest BCUT2D eigenvalue weighted by Crippen LogP contribution is -2.44. The Morgan fingerprint density at radius 2 is 1.68 bits per heavy atom. The zero-order valence-electron chi connectivity index (χ0n) is 22.7. The second-order valence-electron chi connectivity index (χ2n) is 10.1. The zero-order valence-corrected chi connectivity index (χ0v) is 23.6. The minimum Gasteiger partial charge on any atom is -0.481 e. The van der Waals surface area contributed by atoms with Crippen molar-refractivity contribution in [3.8, 4) is 22.4 Å². The van der Waals surface area contributed by atoms with Crippen LogP contribution in [-0.4, -0.2) is 72.1 Å². The van der Waals surface area contributed by atoms with Crippen LogP contribution in [-0.2, 0) is 16.0 Å². The van der Waals surface area contributed by atoms with Gasteiger partial charge in [-0.3, -0.25) is 14.5 Å². The summed E-state index contributed by atoms with van der Waals surface area (Å²) in [5.74, 6) is -0.959. The normalized spacial score (nSPS) is 14.6. The Labute approximate surface area is 238 Å². The molecule has 0 spiro atoms. The molecular weight excluding hydrogens is 522 g/mol. The quantitative estimate of drug-likeness (QED) is 0.314. The summed E-state index contributed by atoms with van der Waals surface area (Å²) in [4.78, 5) is 40.6. The monoisotopic (exact) mass is 555 g/mol. The predicted molar refractivity (Wildman–Crippen MR) is 160 cm³/mol. The van der Waals surface area contributed by atoms with Crippen molar-refractivity contribution >= 4 is 34.2 Å². The Morgan fingerprint density at radius 1 is 0.975 bits per heavy atom.